The number of rotatable bonds is 6. The molecule has 0 amide bonds. The van der Waals surface area contributed by atoms with Crippen LogP contribution in [-0.2, 0) is 6.42 Å². The molecular weight excluding hydrogens is 198 g/mol. The Hall–Kier alpha value is -0.420. The number of hydrogen-bond donors (Lipinski definition) is 2. The lowest BCUT2D eigenvalue weighted by Crippen LogP contribution is -2.32. The van der Waals surface area contributed by atoms with Crippen LogP contribution in [0.5, 0.6) is 0 Å². The van der Waals surface area contributed by atoms with E-state index in [1.807, 2.05) is 18.0 Å². The minimum Gasteiger partial charge on any atom is -0.394 e. The summed E-state index contributed by atoms with van der Waals surface area (Å²) in [5, 5.41) is 19.9. The van der Waals surface area contributed by atoms with Gasteiger partial charge in [0, 0.05) is 18.0 Å². The summed E-state index contributed by atoms with van der Waals surface area (Å²) in [5.41, 5.74) is 0. The fraction of sp³-hybridized carbons (Fsp3) is 0.600. The lowest BCUT2D eigenvalue weighted by Gasteiger charge is -2.18. The lowest BCUT2D eigenvalue weighted by atomic mass is 10.3. The summed E-state index contributed by atoms with van der Waals surface area (Å²) < 4.78 is 0. The van der Waals surface area contributed by atoms with Crippen LogP contribution in [-0.4, -0.2) is 48.0 Å². The molecule has 1 heterocycles. The molecular formula is C10H17NO2S. The number of aliphatic hydroxyl groups is 2. The minimum absolute atomic E-state index is 0.163. The highest BCUT2D eigenvalue weighted by molar-refractivity contribution is 7.09. The van der Waals surface area contributed by atoms with Crippen molar-refractivity contribution in [1.29, 1.82) is 0 Å². The van der Waals surface area contributed by atoms with Crippen molar-refractivity contribution in [3.05, 3.63) is 22.4 Å². The fourth-order valence-electron chi connectivity index (χ4n) is 1.26. The number of thiophene rings is 1. The maximum atomic E-state index is 9.20. The van der Waals surface area contributed by atoms with Crippen molar-refractivity contribution in [2.75, 3.05) is 26.7 Å². The van der Waals surface area contributed by atoms with E-state index in [4.69, 9.17) is 5.11 Å². The molecule has 1 rings (SSSR count). The first-order valence-electron chi connectivity index (χ1n) is 4.72. The summed E-state index contributed by atoms with van der Waals surface area (Å²) in [6.07, 6.45) is 0.384. The summed E-state index contributed by atoms with van der Waals surface area (Å²) in [6, 6.07) is 4.16. The van der Waals surface area contributed by atoms with Gasteiger partial charge in [0.15, 0.2) is 0 Å². The summed E-state index contributed by atoms with van der Waals surface area (Å²) in [7, 11) is 1.95. The van der Waals surface area contributed by atoms with Gasteiger partial charge in [0.2, 0.25) is 0 Å². The molecule has 1 atom stereocenters. The smallest absolute Gasteiger partial charge is 0.0897 e. The van der Waals surface area contributed by atoms with Gasteiger partial charge in [0.25, 0.3) is 0 Å². The molecule has 2 N–H and O–H groups in total. The van der Waals surface area contributed by atoms with Crippen molar-refractivity contribution < 1.29 is 10.2 Å². The Morgan fingerprint density at radius 2 is 2.36 bits per heavy atom. The normalized spacial score (nSPS) is 13.4. The molecule has 1 unspecified atom stereocenters. The average Bonchev–Trinajstić information content (AvgIpc) is 2.67. The van der Waals surface area contributed by atoms with Crippen LogP contribution in [0.25, 0.3) is 0 Å². The third kappa shape index (κ3) is 4.19. The first-order valence-corrected chi connectivity index (χ1v) is 5.60. The van der Waals surface area contributed by atoms with Gasteiger partial charge < -0.3 is 15.1 Å². The van der Waals surface area contributed by atoms with Crippen LogP contribution < -0.4 is 0 Å². The van der Waals surface area contributed by atoms with Gasteiger partial charge in [-0.2, -0.15) is 0 Å². The van der Waals surface area contributed by atoms with E-state index < -0.39 is 6.10 Å². The standard InChI is InChI=1S/C10H17NO2S/c1-11(7-9(13)8-12)5-4-10-3-2-6-14-10/h2-3,6,9,12-13H,4-5,7-8H2,1H3. The molecule has 0 spiro atoms. The van der Waals surface area contributed by atoms with Gasteiger partial charge in [-0.3, -0.25) is 0 Å². The molecule has 1 aromatic heterocycles. The molecule has 0 aliphatic heterocycles. The van der Waals surface area contributed by atoms with Gasteiger partial charge in [0.05, 0.1) is 12.7 Å². The molecule has 0 saturated carbocycles. The predicted molar refractivity (Wildman–Crippen MR) is 58.6 cm³/mol. The van der Waals surface area contributed by atoms with Crippen LogP contribution in [0, 0.1) is 0 Å². The largest absolute Gasteiger partial charge is 0.394 e. The van der Waals surface area contributed by atoms with Crippen LogP contribution in [0.15, 0.2) is 17.5 Å². The number of likely N-dealkylation sites (N-methyl/N-ethyl adjacent to an activating group) is 1. The van der Waals surface area contributed by atoms with Crippen molar-refractivity contribution in [3.8, 4) is 0 Å². The maximum Gasteiger partial charge on any atom is 0.0897 e. The van der Waals surface area contributed by atoms with E-state index >= 15 is 0 Å². The molecule has 80 valence electrons. The summed E-state index contributed by atoms with van der Waals surface area (Å²) >= 11 is 1.75. The molecule has 0 bridgehead atoms. The van der Waals surface area contributed by atoms with Crippen molar-refractivity contribution in [2.45, 2.75) is 12.5 Å². The molecule has 0 radical (unpaired) electrons. The van der Waals surface area contributed by atoms with Crippen LogP contribution in [0.4, 0.5) is 0 Å². The van der Waals surface area contributed by atoms with E-state index in [1.54, 1.807) is 11.3 Å². The Bertz CT molecular complexity index is 238. The van der Waals surface area contributed by atoms with E-state index in [9.17, 15) is 5.11 Å². The highest BCUT2D eigenvalue weighted by atomic mass is 32.1. The Kier molecular flexibility index (Phi) is 5.11. The second-order valence-electron chi connectivity index (χ2n) is 3.43. The number of aliphatic hydroxyl groups excluding tert-OH is 2. The average molecular weight is 215 g/mol. The zero-order valence-corrected chi connectivity index (χ0v) is 9.20. The Morgan fingerprint density at radius 3 is 2.93 bits per heavy atom. The highest BCUT2D eigenvalue weighted by Crippen LogP contribution is 2.09. The van der Waals surface area contributed by atoms with Gasteiger partial charge in [-0.25, -0.2) is 0 Å². The Morgan fingerprint density at radius 1 is 1.57 bits per heavy atom. The van der Waals surface area contributed by atoms with Gasteiger partial charge in [-0.05, 0) is 24.9 Å². The van der Waals surface area contributed by atoms with E-state index in [1.165, 1.54) is 4.88 Å². The van der Waals surface area contributed by atoms with Crippen LogP contribution >= 0.6 is 11.3 Å². The van der Waals surface area contributed by atoms with E-state index in [2.05, 4.69) is 11.4 Å². The monoisotopic (exact) mass is 215 g/mol. The Labute approximate surface area is 88.6 Å². The SMILES string of the molecule is CN(CCc1cccs1)CC(O)CO. The van der Waals surface area contributed by atoms with Gasteiger partial charge >= 0.3 is 0 Å². The third-order valence-corrected chi connectivity index (χ3v) is 2.99. The third-order valence-electron chi connectivity index (χ3n) is 2.05. The quantitative estimate of drug-likeness (QED) is 0.729. The zero-order chi connectivity index (χ0) is 10.4. The lowest BCUT2D eigenvalue weighted by molar-refractivity contribution is 0.0670. The maximum absolute atomic E-state index is 9.20. The van der Waals surface area contributed by atoms with Gasteiger partial charge in [-0.15, -0.1) is 11.3 Å². The van der Waals surface area contributed by atoms with Crippen molar-refractivity contribution in [2.24, 2.45) is 0 Å². The minimum atomic E-state index is -0.622. The first-order chi connectivity index (χ1) is 6.72. The molecule has 0 saturated heterocycles. The van der Waals surface area contributed by atoms with Crippen LogP contribution in [0.3, 0.4) is 0 Å². The van der Waals surface area contributed by atoms with E-state index in [-0.39, 0.29) is 6.61 Å². The van der Waals surface area contributed by atoms with Gasteiger partial charge in [-0.1, -0.05) is 6.07 Å². The van der Waals surface area contributed by atoms with Crippen LogP contribution in [0.1, 0.15) is 4.88 Å². The molecule has 0 aliphatic rings. The molecule has 0 aliphatic carbocycles. The fourth-order valence-corrected chi connectivity index (χ4v) is 1.96. The molecule has 1 aromatic rings. The van der Waals surface area contributed by atoms with Crippen molar-refractivity contribution in [1.82, 2.24) is 4.90 Å². The topological polar surface area (TPSA) is 43.7 Å². The van der Waals surface area contributed by atoms with Gasteiger partial charge in [0.1, 0.15) is 0 Å². The van der Waals surface area contributed by atoms with E-state index in [0.717, 1.165) is 13.0 Å². The zero-order valence-electron chi connectivity index (χ0n) is 8.39. The highest BCUT2D eigenvalue weighted by Gasteiger charge is 2.06. The summed E-state index contributed by atoms with van der Waals surface area (Å²) in [4.78, 5) is 3.39. The molecule has 14 heavy (non-hydrogen) atoms. The summed E-state index contributed by atoms with van der Waals surface area (Å²) in [5.74, 6) is 0. The molecule has 0 aromatic carbocycles. The Balaban J connectivity index is 2.18. The van der Waals surface area contributed by atoms with Crippen molar-refractivity contribution in [3.63, 3.8) is 0 Å². The van der Waals surface area contributed by atoms with E-state index in [0.29, 0.717) is 6.54 Å². The first kappa shape index (κ1) is 11.7. The second kappa shape index (κ2) is 6.14. The molecule has 0 fully saturated rings. The number of hydrogen-bond acceptors (Lipinski definition) is 4. The number of nitrogens with zero attached hydrogens (tertiary/aromatic N) is 1. The second-order valence-corrected chi connectivity index (χ2v) is 4.46. The molecule has 3 nitrogen and oxygen atoms in total. The predicted octanol–water partition coefficient (Wildman–Crippen LogP) is 0.576. The molecule has 4 heteroatoms. The van der Waals surface area contributed by atoms with Crippen molar-refractivity contribution >= 4 is 11.3 Å². The summed E-state index contributed by atoms with van der Waals surface area (Å²) in [6.45, 7) is 1.28. The van der Waals surface area contributed by atoms with Crippen LogP contribution in [0.2, 0.25) is 0 Å².